The largest absolute Gasteiger partial charge is 0.481 e. The lowest BCUT2D eigenvalue weighted by molar-refractivity contribution is -0.138. The smallest absolute Gasteiger partial charge is 0.408 e. The molecule has 3 rings (SSSR count). The SMILES string of the molecule is CCC(COC)(NC(=O)OCC1c2ccccc2-c2ccccc21)C(=O)N[C@@H](C)CC(=O)O. The second-order valence-corrected chi connectivity index (χ2v) is 8.29. The maximum absolute atomic E-state index is 12.9. The van der Waals surface area contributed by atoms with E-state index in [0.717, 1.165) is 22.3 Å². The van der Waals surface area contributed by atoms with E-state index in [0.29, 0.717) is 0 Å². The summed E-state index contributed by atoms with van der Waals surface area (Å²) in [5.74, 6) is -1.65. The van der Waals surface area contributed by atoms with Crippen molar-refractivity contribution in [3.05, 3.63) is 59.7 Å². The minimum atomic E-state index is -1.38. The van der Waals surface area contributed by atoms with Crippen LogP contribution in [0.5, 0.6) is 0 Å². The summed E-state index contributed by atoms with van der Waals surface area (Å²) >= 11 is 0. The fourth-order valence-electron chi connectivity index (χ4n) is 4.26. The van der Waals surface area contributed by atoms with Crippen molar-refractivity contribution in [1.82, 2.24) is 10.6 Å². The molecule has 0 saturated carbocycles. The fourth-order valence-corrected chi connectivity index (χ4v) is 4.26. The highest BCUT2D eigenvalue weighted by Crippen LogP contribution is 2.44. The third-order valence-electron chi connectivity index (χ3n) is 5.97. The molecule has 0 saturated heterocycles. The molecule has 0 aliphatic heterocycles. The topological polar surface area (TPSA) is 114 Å². The van der Waals surface area contributed by atoms with Gasteiger partial charge in [0.05, 0.1) is 13.0 Å². The van der Waals surface area contributed by atoms with Gasteiger partial charge in [0.2, 0.25) is 5.91 Å². The van der Waals surface area contributed by atoms with Gasteiger partial charge in [0.25, 0.3) is 0 Å². The van der Waals surface area contributed by atoms with Gasteiger partial charge in [-0.3, -0.25) is 9.59 Å². The molecular formula is C25H30N2O6. The van der Waals surface area contributed by atoms with Crippen molar-refractivity contribution in [2.24, 2.45) is 0 Å². The summed E-state index contributed by atoms with van der Waals surface area (Å²) in [7, 11) is 1.43. The minimum Gasteiger partial charge on any atom is -0.481 e. The zero-order valence-electron chi connectivity index (χ0n) is 19.1. The number of methoxy groups -OCH3 is 1. The molecule has 0 aromatic heterocycles. The van der Waals surface area contributed by atoms with E-state index in [1.54, 1.807) is 13.8 Å². The molecule has 2 atom stereocenters. The predicted molar refractivity (Wildman–Crippen MR) is 123 cm³/mol. The maximum Gasteiger partial charge on any atom is 0.408 e. The van der Waals surface area contributed by atoms with E-state index in [4.69, 9.17) is 14.6 Å². The average Bonchev–Trinajstić information content (AvgIpc) is 3.10. The molecule has 0 fully saturated rings. The van der Waals surface area contributed by atoms with E-state index in [1.807, 2.05) is 36.4 Å². The monoisotopic (exact) mass is 454 g/mol. The third kappa shape index (κ3) is 5.34. The van der Waals surface area contributed by atoms with Crippen LogP contribution < -0.4 is 10.6 Å². The number of aliphatic carboxylic acids is 1. The molecule has 0 bridgehead atoms. The number of alkyl carbamates (subject to hydrolysis) is 1. The molecule has 33 heavy (non-hydrogen) atoms. The number of hydrogen-bond donors (Lipinski definition) is 3. The average molecular weight is 455 g/mol. The minimum absolute atomic E-state index is 0.0840. The Labute approximate surface area is 193 Å². The fraction of sp³-hybridized carbons (Fsp3) is 0.400. The van der Waals surface area contributed by atoms with Crippen LogP contribution in [0.3, 0.4) is 0 Å². The Morgan fingerprint density at radius 3 is 2.15 bits per heavy atom. The Morgan fingerprint density at radius 2 is 1.64 bits per heavy atom. The van der Waals surface area contributed by atoms with Crippen molar-refractivity contribution in [1.29, 1.82) is 0 Å². The number of benzene rings is 2. The second-order valence-electron chi connectivity index (χ2n) is 8.29. The first kappa shape index (κ1) is 24.3. The van der Waals surface area contributed by atoms with Crippen molar-refractivity contribution >= 4 is 18.0 Å². The van der Waals surface area contributed by atoms with Gasteiger partial charge >= 0.3 is 12.1 Å². The van der Waals surface area contributed by atoms with E-state index in [-0.39, 0.29) is 32.0 Å². The molecule has 3 N–H and O–H groups in total. The molecule has 8 heteroatoms. The Morgan fingerprint density at radius 1 is 1.06 bits per heavy atom. The number of amides is 2. The number of hydrogen-bond acceptors (Lipinski definition) is 5. The number of carboxylic acid groups (broad SMARTS) is 1. The van der Waals surface area contributed by atoms with Gasteiger partial charge in [-0.2, -0.15) is 0 Å². The van der Waals surface area contributed by atoms with Crippen LogP contribution in [0, 0.1) is 0 Å². The van der Waals surface area contributed by atoms with Gasteiger partial charge in [0, 0.05) is 19.1 Å². The van der Waals surface area contributed by atoms with E-state index in [9.17, 15) is 14.4 Å². The van der Waals surface area contributed by atoms with Crippen LogP contribution in [0.2, 0.25) is 0 Å². The van der Waals surface area contributed by atoms with Gasteiger partial charge in [-0.05, 0) is 35.6 Å². The number of fused-ring (bicyclic) bond motifs is 3. The molecule has 2 amide bonds. The molecule has 8 nitrogen and oxygen atoms in total. The third-order valence-corrected chi connectivity index (χ3v) is 5.97. The van der Waals surface area contributed by atoms with E-state index in [1.165, 1.54) is 7.11 Å². The quantitative estimate of drug-likeness (QED) is 0.508. The molecule has 1 aliphatic carbocycles. The van der Waals surface area contributed by atoms with Gasteiger partial charge in [0.15, 0.2) is 0 Å². The van der Waals surface area contributed by atoms with Crippen LogP contribution in [-0.4, -0.2) is 55.0 Å². The molecule has 2 aromatic carbocycles. The highest BCUT2D eigenvalue weighted by molar-refractivity contribution is 5.90. The lowest BCUT2D eigenvalue weighted by atomic mass is 9.95. The number of carboxylic acids is 1. The van der Waals surface area contributed by atoms with Crippen molar-refractivity contribution in [3.63, 3.8) is 0 Å². The van der Waals surface area contributed by atoms with Crippen LogP contribution in [0.4, 0.5) is 4.79 Å². The zero-order chi connectivity index (χ0) is 24.0. The second kappa shape index (κ2) is 10.5. The molecule has 2 aromatic rings. The Balaban J connectivity index is 1.71. The number of carbonyl (C=O) groups is 3. The van der Waals surface area contributed by atoms with Gasteiger partial charge in [-0.1, -0.05) is 55.5 Å². The van der Waals surface area contributed by atoms with Gasteiger partial charge < -0.3 is 25.2 Å². The summed E-state index contributed by atoms with van der Waals surface area (Å²) in [4.78, 5) is 36.7. The predicted octanol–water partition coefficient (Wildman–Crippen LogP) is 3.30. The highest BCUT2D eigenvalue weighted by Gasteiger charge is 2.40. The van der Waals surface area contributed by atoms with Crippen LogP contribution in [-0.2, 0) is 19.1 Å². The number of nitrogens with one attached hydrogen (secondary N) is 2. The summed E-state index contributed by atoms with van der Waals surface area (Å²) in [5, 5.41) is 14.3. The van der Waals surface area contributed by atoms with Crippen LogP contribution in [0.1, 0.15) is 43.7 Å². The molecule has 0 heterocycles. The number of carbonyl (C=O) groups excluding carboxylic acids is 2. The standard InChI is InChI=1S/C25H30N2O6/c1-4-25(15-32-3,23(30)26-16(2)13-22(28)29)27-24(31)33-14-21-19-11-7-5-9-17(19)18-10-6-8-12-20(18)21/h5-12,16,21H,4,13-15H2,1-3H3,(H,26,30)(H,27,31)(H,28,29)/t16-,25?/m0/s1. The number of ether oxygens (including phenoxy) is 2. The maximum atomic E-state index is 12.9. The van der Waals surface area contributed by atoms with Crippen LogP contribution in [0.25, 0.3) is 11.1 Å². The summed E-state index contributed by atoms with van der Waals surface area (Å²) in [6.07, 6.45) is -0.739. The van der Waals surface area contributed by atoms with Crippen molar-refractivity contribution in [3.8, 4) is 11.1 Å². The van der Waals surface area contributed by atoms with E-state index >= 15 is 0 Å². The highest BCUT2D eigenvalue weighted by atomic mass is 16.5. The van der Waals surface area contributed by atoms with Crippen LogP contribution in [0.15, 0.2) is 48.5 Å². The molecule has 0 radical (unpaired) electrons. The first-order chi connectivity index (χ1) is 15.8. The number of rotatable bonds is 10. The summed E-state index contributed by atoms with van der Waals surface area (Å²) in [5.41, 5.74) is 3.03. The zero-order valence-corrected chi connectivity index (χ0v) is 19.1. The molecule has 176 valence electrons. The molecule has 1 aliphatic rings. The molecule has 1 unspecified atom stereocenters. The van der Waals surface area contributed by atoms with E-state index < -0.39 is 29.6 Å². The lowest BCUT2D eigenvalue weighted by Gasteiger charge is -2.32. The van der Waals surface area contributed by atoms with Gasteiger partial charge in [-0.25, -0.2) is 4.79 Å². The van der Waals surface area contributed by atoms with Crippen LogP contribution >= 0.6 is 0 Å². The first-order valence-corrected chi connectivity index (χ1v) is 11.0. The summed E-state index contributed by atoms with van der Waals surface area (Å²) in [6.45, 7) is 3.36. The van der Waals surface area contributed by atoms with Gasteiger partial charge in [0.1, 0.15) is 12.1 Å². The van der Waals surface area contributed by atoms with Gasteiger partial charge in [-0.15, -0.1) is 0 Å². The molecular weight excluding hydrogens is 424 g/mol. The Bertz CT molecular complexity index is 978. The Kier molecular flexibility index (Phi) is 7.71. The normalized spacial score (nSPS) is 15.0. The first-order valence-electron chi connectivity index (χ1n) is 11.0. The summed E-state index contributed by atoms with van der Waals surface area (Å²) in [6, 6.07) is 15.4. The van der Waals surface area contributed by atoms with Crippen molar-refractivity contribution in [2.75, 3.05) is 20.3 Å². The van der Waals surface area contributed by atoms with Crippen molar-refractivity contribution < 1.29 is 29.0 Å². The Hall–Kier alpha value is -3.39. The lowest BCUT2D eigenvalue weighted by Crippen LogP contribution is -2.62. The summed E-state index contributed by atoms with van der Waals surface area (Å²) < 4.78 is 10.8. The van der Waals surface area contributed by atoms with E-state index in [2.05, 4.69) is 22.8 Å². The molecule has 0 spiro atoms. The van der Waals surface area contributed by atoms with Crippen molar-refractivity contribution in [2.45, 2.75) is 44.2 Å².